The second kappa shape index (κ2) is 3.38. The zero-order valence-corrected chi connectivity index (χ0v) is 8.14. The van der Waals surface area contributed by atoms with Crippen LogP contribution in [0.2, 0.25) is 5.02 Å². The molecule has 0 unspecified atom stereocenters. The van der Waals surface area contributed by atoms with Gasteiger partial charge in [0.05, 0.1) is 5.02 Å². The van der Waals surface area contributed by atoms with Gasteiger partial charge in [-0.05, 0) is 25.1 Å². The minimum Gasteiger partial charge on any atom is -0.263 e. The molecule has 0 aliphatic carbocycles. The summed E-state index contributed by atoms with van der Waals surface area (Å²) >= 11 is 5.55. The van der Waals surface area contributed by atoms with Crippen molar-refractivity contribution in [1.29, 1.82) is 0 Å². The first-order valence-corrected chi connectivity index (χ1v) is 4.39. The van der Waals surface area contributed by atoms with Crippen LogP contribution in [0.5, 0.6) is 0 Å². The van der Waals surface area contributed by atoms with Gasteiger partial charge in [-0.1, -0.05) is 11.6 Å². The number of benzene rings is 1. The number of nitrogens with zero attached hydrogens (tertiary/aromatic N) is 2. The van der Waals surface area contributed by atoms with Gasteiger partial charge in [0.15, 0.2) is 5.82 Å². The van der Waals surface area contributed by atoms with E-state index in [1.54, 1.807) is 13.0 Å². The molecular formula is C9H7ClFN3. The molecule has 3 nitrogen and oxygen atoms in total. The highest BCUT2D eigenvalue weighted by atomic mass is 35.5. The van der Waals surface area contributed by atoms with Crippen molar-refractivity contribution >= 4 is 11.6 Å². The van der Waals surface area contributed by atoms with Gasteiger partial charge in [0, 0.05) is 5.56 Å². The lowest BCUT2D eigenvalue weighted by Crippen LogP contribution is -1.83. The molecule has 14 heavy (non-hydrogen) atoms. The van der Waals surface area contributed by atoms with E-state index in [9.17, 15) is 4.39 Å². The Balaban J connectivity index is 2.47. The number of hydrogen-bond acceptors (Lipinski definition) is 2. The van der Waals surface area contributed by atoms with Crippen LogP contribution < -0.4 is 0 Å². The largest absolute Gasteiger partial charge is 0.263 e. The number of H-pyrrole nitrogens is 1. The van der Waals surface area contributed by atoms with Crippen LogP contribution in [0.3, 0.4) is 0 Å². The Morgan fingerprint density at radius 1 is 1.43 bits per heavy atom. The molecule has 0 spiro atoms. The Morgan fingerprint density at radius 2 is 2.21 bits per heavy atom. The van der Waals surface area contributed by atoms with E-state index in [2.05, 4.69) is 15.2 Å². The Kier molecular flexibility index (Phi) is 2.21. The molecule has 1 aromatic carbocycles. The molecule has 0 aliphatic heterocycles. The van der Waals surface area contributed by atoms with E-state index in [0.29, 0.717) is 17.2 Å². The standard InChI is InChI=1S/C9H7ClFN3/c1-5-12-9(14-13-5)6-2-3-7(10)8(11)4-6/h2-4H,1H3,(H,12,13,14). The van der Waals surface area contributed by atoms with Crippen LogP contribution >= 0.6 is 11.6 Å². The molecule has 0 saturated carbocycles. The Labute approximate surface area is 84.9 Å². The number of aromatic nitrogens is 3. The molecule has 1 aromatic heterocycles. The lowest BCUT2D eigenvalue weighted by molar-refractivity contribution is 0.628. The van der Waals surface area contributed by atoms with Crippen molar-refractivity contribution in [3.8, 4) is 11.4 Å². The molecule has 0 fully saturated rings. The molecule has 0 radical (unpaired) electrons. The molecular weight excluding hydrogens is 205 g/mol. The number of aryl methyl sites for hydroxylation is 1. The maximum Gasteiger partial charge on any atom is 0.181 e. The van der Waals surface area contributed by atoms with E-state index in [4.69, 9.17) is 11.6 Å². The zero-order valence-electron chi connectivity index (χ0n) is 7.38. The quantitative estimate of drug-likeness (QED) is 0.788. The van der Waals surface area contributed by atoms with Crippen LogP contribution in [0.15, 0.2) is 18.2 Å². The smallest absolute Gasteiger partial charge is 0.181 e. The predicted molar refractivity (Wildman–Crippen MR) is 51.5 cm³/mol. The van der Waals surface area contributed by atoms with Crippen molar-refractivity contribution < 1.29 is 4.39 Å². The van der Waals surface area contributed by atoms with Crippen LogP contribution in [-0.2, 0) is 0 Å². The van der Waals surface area contributed by atoms with E-state index in [0.717, 1.165) is 0 Å². The molecule has 1 N–H and O–H groups in total. The number of aromatic amines is 1. The van der Waals surface area contributed by atoms with Gasteiger partial charge in [-0.25, -0.2) is 9.37 Å². The second-order valence-electron chi connectivity index (χ2n) is 2.87. The van der Waals surface area contributed by atoms with Crippen LogP contribution in [0.4, 0.5) is 4.39 Å². The highest BCUT2D eigenvalue weighted by Gasteiger charge is 2.06. The summed E-state index contributed by atoms with van der Waals surface area (Å²) in [5, 5.41) is 6.69. The van der Waals surface area contributed by atoms with Crippen LogP contribution in [0.25, 0.3) is 11.4 Å². The Bertz CT molecular complexity index is 467. The molecule has 0 aliphatic rings. The molecule has 2 aromatic rings. The summed E-state index contributed by atoms with van der Waals surface area (Å²) < 4.78 is 13.1. The molecule has 72 valence electrons. The molecule has 0 atom stereocenters. The molecule has 1 heterocycles. The van der Waals surface area contributed by atoms with Gasteiger partial charge in [0.1, 0.15) is 11.6 Å². The van der Waals surface area contributed by atoms with Crippen molar-refractivity contribution in [2.45, 2.75) is 6.92 Å². The van der Waals surface area contributed by atoms with E-state index in [-0.39, 0.29) is 5.02 Å². The summed E-state index contributed by atoms with van der Waals surface area (Å²) in [6.45, 7) is 1.78. The van der Waals surface area contributed by atoms with Crippen molar-refractivity contribution in [1.82, 2.24) is 15.2 Å². The van der Waals surface area contributed by atoms with E-state index >= 15 is 0 Å². The number of nitrogens with one attached hydrogen (secondary N) is 1. The zero-order chi connectivity index (χ0) is 10.1. The van der Waals surface area contributed by atoms with Crippen molar-refractivity contribution in [3.05, 3.63) is 34.9 Å². The van der Waals surface area contributed by atoms with Crippen LogP contribution in [-0.4, -0.2) is 15.2 Å². The fourth-order valence-electron chi connectivity index (χ4n) is 1.11. The van der Waals surface area contributed by atoms with Gasteiger partial charge in [0.25, 0.3) is 0 Å². The van der Waals surface area contributed by atoms with Crippen LogP contribution in [0.1, 0.15) is 5.82 Å². The highest BCUT2D eigenvalue weighted by molar-refractivity contribution is 6.30. The first kappa shape index (κ1) is 9.15. The molecule has 5 heteroatoms. The molecule has 0 amide bonds. The predicted octanol–water partition coefficient (Wildman–Crippen LogP) is 2.57. The fraction of sp³-hybridized carbons (Fsp3) is 0.111. The van der Waals surface area contributed by atoms with Gasteiger partial charge >= 0.3 is 0 Å². The minimum absolute atomic E-state index is 0.0982. The Morgan fingerprint density at radius 3 is 2.79 bits per heavy atom. The summed E-state index contributed by atoms with van der Waals surface area (Å²) in [6.07, 6.45) is 0. The summed E-state index contributed by atoms with van der Waals surface area (Å²) in [5.41, 5.74) is 0.608. The molecule has 2 rings (SSSR count). The monoisotopic (exact) mass is 211 g/mol. The van der Waals surface area contributed by atoms with Gasteiger partial charge in [-0.15, -0.1) is 0 Å². The normalized spacial score (nSPS) is 10.5. The third-order valence-electron chi connectivity index (χ3n) is 1.78. The van der Waals surface area contributed by atoms with Gasteiger partial charge < -0.3 is 0 Å². The van der Waals surface area contributed by atoms with Gasteiger partial charge in [0.2, 0.25) is 0 Å². The lowest BCUT2D eigenvalue weighted by atomic mass is 10.2. The molecule has 0 bridgehead atoms. The Hall–Kier alpha value is -1.42. The SMILES string of the molecule is Cc1nc(-c2ccc(Cl)c(F)c2)n[nH]1. The first-order chi connectivity index (χ1) is 6.66. The van der Waals surface area contributed by atoms with E-state index in [1.807, 2.05) is 0 Å². The van der Waals surface area contributed by atoms with Crippen LogP contribution in [0, 0.1) is 12.7 Å². The number of halogens is 2. The maximum absolute atomic E-state index is 13.1. The lowest BCUT2D eigenvalue weighted by Gasteiger charge is -1.96. The third kappa shape index (κ3) is 1.61. The van der Waals surface area contributed by atoms with E-state index in [1.165, 1.54) is 12.1 Å². The van der Waals surface area contributed by atoms with Crippen molar-refractivity contribution in [3.63, 3.8) is 0 Å². The summed E-state index contributed by atoms with van der Waals surface area (Å²) in [6, 6.07) is 4.47. The summed E-state index contributed by atoms with van der Waals surface area (Å²) in [4.78, 5) is 4.08. The minimum atomic E-state index is -0.466. The maximum atomic E-state index is 13.1. The fourth-order valence-corrected chi connectivity index (χ4v) is 1.22. The average molecular weight is 212 g/mol. The topological polar surface area (TPSA) is 41.6 Å². The third-order valence-corrected chi connectivity index (χ3v) is 2.08. The average Bonchev–Trinajstić information content (AvgIpc) is 2.57. The van der Waals surface area contributed by atoms with Gasteiger partial charge in [-0.3, -0.25) is 5.10 Å². The van der Waals surface area contributed by atoms with E-state index < -0.39 is 5.82 Å². The number of rotatable bonds is 1. The number of hydrogen-bond donors (Lipinski definition) is 1. The first-order valence-electron chi connectivity index (χ1n) is 4.01. The van der Waals surface area contributed by atoms with Crippen molar-refractivity contribution in [2.75, 3.05) is 0 Å². The second-order valence-corrected chi connectivity index (χ2v) is 3.28. The molecule has 0 saturated heterocycles. The highest BCUT2D eigenvalue weighted by Crippen LogP contribution is 2.21. The van der Waals surface area contributed by atoms with Crippen molar-refractivity contribution in [2.24, 2.45) is 0 Å². The van der Waals surface area contributed by atoms with Gasteiger partial charge in [-0.2, -0.15) is 5.10 Å². The summed E-state index contributed by atoms with van der Waals surface area (Å²) in [5.74, 6) is 0.694. The summed E-state index contributed by atoms with van der Waals surface area (Å²) in [7, 11) is 0.